The van der Waals surface area contributed by atoms with Crippen LogP contribution in [-0.2, 0) is 4.79 Å². The fourth-order valence-electron chi connectivity index (χ4n) is 1.44. The average Bonchev–Trinajstić information content (AvgIpc) is 2.38. The summed E-state index contributed by atoms with van der Waals surface area (Å²) in [6.07, 6.45) is 1.10. The lowest BCUT2D eigenvalue weighted by molar-refractivity contribution is -0.121. The molecule has 0 spiro atoms. The summed E-state index contributed by atoms with van der Waals surface area (Å²) in [7, 11) is 0. The molecule has 5 nitrogen and oxygen atoms in total. The minimum absolute atomic E-state index is 0.219. The summed E-state index contributed by atoms with van der Waals surface area (Å²) in [6.45, 7) is 4.19. The van der Waals surface area contributed by atoms with Gasteiger partial charge in [0.15, 0.2) is 0 Å². The molecule has 104 valence electrons. The van der Waals surface area contributed by atoms with Gasteiger partial charge in [0, 0.05) is 10.9 Å². The Bertz CT molecular complexity index is 463. The topological polar surface area (TPSA) is 67.4 Å². The molecule has 2 amide bonds. The lowest BCUT2D eigenvalue weighted by Gasteiger charge is -2.11. The predicted molar refractivity (Wildman–Crippen MR) is 75.8 cm³/mol. The Labute approximate surface area is 120 Å². The minimum Gasteiger partial charge on any atom is -0.493 e. The Morgan fingerprint density at radius 2 is 2.00 bits per heavy atom. The van der Waals surface area contributed by atoms with E-state index in [1.165, 1.54) is 0 Å². The Balaban J connectivity index is 2.75. The van der Waals surface area contributed by atoms with Crippen molar-refractivity contribution < 1.29 is 14.3 Å². The molecular weight excluding hydrogens is 312 g/mol. The van der Waals surface area contributed by atoms with E-state index in [-0.39, 0.29) is 5.91 Å². The lowest BCUT2D eigenvalue weighted by atomic mass is 10.2. The smallest absolute Gasteiger partial charge is 0.273 e. The molecule has 0 bridgehead atoms. The third-order valence-electron chi connectivity index (χ3n) is 2.28. The predicted octanol–water partition coefficient (Wildman–Crippen LogP) is 2.41. The van der Waals surface area contributed by atoms with Crippen molar-refractivity contribution in [3.8, 4) is 5.75 Å². The van der Waals surface area contributed by atoms with Crippen molar-refractivity contribution in [3.05, 3.63) is 28.2 Å². The number of ether oxygens (including phenoxy) is 1. The number of benzene rings is 1. The van der Waals surface area contributed by atoms with Gasteiger partial charge in [-0.05, 0) is 31.5 Å². The Morgan fingerprint density at radius 1 is 1.26 bits per heavy atom. The average molecular weight is 329 g/mol. The van der Waals surface area contributed by atoms with E-state index in [1.54, 1.807) is 18.2 Å². The van der Waals surface area contributed by atoms with Gasteiger partial charge in [-0.3, -0.25) is 20.4 Å². The van der Waals surface area contributed by atoms with Crippen molar-refractivity contribution in [1.29, 1.82) is 0 Å². The zero-order valence-corrected chi connectivity index (χ0v) is 12.5. The van der Waals surface area contributed by atoms with Gasteiger partial charge in [-0.25, -0.2) is 0 Å². The van der Waals surface area contributed by atoms with Crippen LogP contribution >= 0.6 is 15.9 Å². The standard InChI is InChI=1S/C13H17BrN2O3/c1-3-5-12(17)15-16-13(18)10-8-9(14)6-7-11(10)19-4-2/h6-8H,3-5H2,1-2H3,(H,15,17)(H,16,18). The van der Waals surface area contributed by atoms with E-state index in [9.17, 15) is 9.59 Å². The highest BCUT2D eigenvalue weighted by molar-refractivity contribution is 9.10. The fraction of sp³-hybridized carbons (Fsp3) is 0.385. The molecule has 0 atom stereocenters. The molecule has 0 aromatic heterocycles. The van der Waals surface area contributed by atoms with Crippen LogP contribution in [0.2, 0.25) is 0 Å². The lowest BCUT2D eigenvalue weighted by Crippen LogP contribution is -2.41. The summed E-state index contributed by atoms with van der Waals surface area (Å²) in [5.41, 5.74) is 5.10. The number of carbonyl (C=O) groups excluding carboxylic acids is 2. The van der Waals surface area contributed by atoms with Crippen molar-refractivity contribution >= 4 is 27.7 Å². The van der Waals surface area contributed by atoms with E-state index in [0.717, 1.165) is 10.9 Å². The summed E-state index contributed by atoms with van der Waals surface area (Å²) < 4.78 is 6.14. The van der Waals surface area contributed by atoms with Crippen LogP contribution in [0.25, 0.3) is 0 Å². The summed E-state index contributed by atoms with van der Waals surface area (Å²) in [4.78, 5) is 23.3. The minimum atomic E-state index is -0.408. The van der Waals surface area contributed by atoms with Crippen LogP contribution in [0.5, 0.6) is 5.75 Å². The van der Waals surface area contributed by atoms with Gasteiger partial charge in [0.05, 0.1) is 12.2 Å². The highest BCUT2D eigenvalue weighted by Crippen LogP contribution is 2.23. The van der Waals surface area contributed by atoms with Gasteiger partial charge < -0.3 is 4.74 Å². The van der Waals surface area contributed by atoms with E-state index < -0.39 is 5.91 Å². The number of hydrogen-bond donors (Lipinski definition) is 2. The number of halogens is 1. The van der Waals surface area contributed by atoms with Crippen LogP contribution in [0.15, 0.2) is 22.7 Å². The second kappa shape index (κ2) is 7.78. The quantitative estimate of drug-likeness (QED) is 0.815. The van der Waals surface area contributed by atoms with Gasteiger partial charge >= 0.3 is 0 Å². The zero-order valence-electron chi connectivity index (χ0n) is 11.0. The van der Waals surface area contributed by atoms with Gasteiger partial charge in [0.2, 0.25) is 5.91 Å². The van der Waals surface area contributed by atoms with Crippen molar-refractivity contribution in [3.63, 3.8) is 0 Å². The summed E-state index contributed by atoms with van der Waals surface area (Å²) in [5.74, 6) is -0.147. The van der Waals surface area contributed by atoms with Gasteiger partial charge in [-0.2, -0.15) is 0 Å². The van der Waals surface area contributed by atoms with Gasteiger partial charge in [0.25, 0.3) is 5.91 Å². The number of hydrogen-bond acceptors (Lipinski definition) is 3. The van der Waals surface area contributed by atoms with E-state index in [0.29, 0.717) is 24.3 Å². The number of hydrazine groups is 1. The molecule has 0 aliphatic rings. The Hall–Kier alpha value is -1.56. The molecule has 0 radical (unpaired) electrons. The summed E-state index contributed by atoms with van der Waals surface area (Å²) >= 11 is 3.30. The molecule has 0 unspecified atom stereocenters. The third-order valence-corrected chi connectivity index (χ3v) is 2.77. The third kappa shape index (κ3) is 4.90. The molecule has 0 aliphatic carbocycles. The highest BCUT2D eigenvalue weighted by atomic mass is 79.9. The normalized spacial score (nSPS) is 9.84. The maximum atomic E-state index is 12.0. The maximum Gasteiger partial charge on any atom is 0.273 e. The molecule has 1 aromatic rings. The monoisotopic (exact) mass is 328 g/mol. The first-order chi connectivity index (χ1) is 9.08. The number of amides is 2. The zero-order chi connectivity index (χ0) is 14.3. The highest BCUT2D eigenvalue weighted by Gasteiger charge is 2.13. The van der Waals surface area contributed by atoms with Gasteiger partial charge in [-0.1, -0.05) is 22.9 Å². The van der Waals surface area contributed by atoms with Crippen LogP contribution in [-0.4, -0.2) is 18.4 Å². The molecule has 1 aromatic carbocycles. The van der Waals surface area contributed by atoms with Gasteiger partial charge in [-0.15, -0.1) is 0 Å². The molecule has 0 heterocycles. The summed E-state index contributed by atoms with van der Waals surface area (Å²) in [5, 5.41) is 0. The second-order valence-corrected chi connectivity index (χ2v) is 4.74. The van der Waals surface area contributed by atoms with E-state index in [2.05, 4.69) is 26.8 Å². The van der Waals surface area contributed by atoms with E-state index in [4.69, 9.17) is 4.74 Å². The molecule has 1 rings (SSSR count). The molecule has 0 saturated heterocycles. The van der Waals surface area contributed by atoms with Crippen molar-refractivity contribution in [2.45, 2.75) is 26.7 Å². The molecule has 0 saturated carbocycles. The van der Waals surface area contributed by atoms with Crippen molar-refractivity contribution in [2.24, 2.45) is 0 Å². The molecular formula is C13H17BrN2O3. The maximum absolute atomic E-state index is 12.0. The first-order valence-electron chi connectivity index (χ1n) is 6.10. The Morgan fingerprint density at radius 3 is 2.63 bits per heavy atom. The number of rotatable bonds is 5. The second-order valence-electron chi connectivity index (χ2n) is 3.83. The van der Waals surface area contributed by atoms with E-state index in [1.807, 2.05) is 13.8 Å². The van der Waals surface area contributed by atoms with Crippen LogP contribution in [0.4, 0.5) is 0 Å². The Kier molecular flexibility index (Phi) is 6.35. The van der Waals surface area contributed by atoms with Crippen molar-refractivity contribution in [1.82, 2.24) is 10.9 Å². The van der Waals surface area contributed by atoms with E-state index >= 15 is 0 Å². The van der Waals surface area contributed by atoms with Gasteiger partial charge in [0.1, 0.15) is 5.75 Å². The first kappa shape index (κ1) is 15.5. The van der Waals surface area contributed by atoms with Crippen LogP contribution in [0.3, 0.4) is 0 Å². The molecule has 6 heteroatoms. The number of carbonyl (C=O) groups is 2. The van der Waals surface area contributed by atoms with Crippen molar-refractivity contribution in [2.75, 3.05) is 6.61 Å². The van der Waals surface area contributed by atoms with Crippen LogP contribution in [0, 0.1) is 0 Å². The summed E-state index contributed by atoms with van der Waals surface area (Å²) in [6, 6.07) is 5.14. The molecule has 0 fully saturated rings. The SMILES string of the molecule is CCCC(=O)NNC(=O)c1cc(Br)ccc1OCC. The van der Waals surface area contributed by atoms with Crippen LogP contribution < -0.4 is 15.6 Å². The largest absolute Gasteiger partial charge is 0.493 e. The van der Waals surface area contributed by atoms with Crippen LogP contribution in [0.1, 0.15) is 37.0 Å². The molecule has 19 heavy (non-hydrogen) atoms. The molecule has 0 aliphatic heterocycles. The fourth-order valence-corrected chi connectivity index (χ4v) is 1.81. The molecule has 2 N–H and O–H groups in total. The number of nitrogens with one attached hydrogen (secondary N) is 2. The first-order valence-corrected chi connectivity index (χ1v) is 6.89.